The summed E-state index contributed by atoms with van der Waals surface area (Å²) in [5, 5.41) is 0. The van der Waals surface area contributed by atoms with Crippen molar-refractivity contribution in [2.24, 2.45) is 0 Å². The van der Waals surface area contributed by atoms with Gasteiger partial charge in [0.05, 0.1) is 0 Å². The maximum Gasteiger partial charge on any atom is 0.130 e. The summed E-state index contributed by atoms with van der Waals surface area (Å²) in [5.41, 5.74) is 7.49. The second-order valence-corrected chi connectivity index (χ2v) is 3.47. The Morgan fingerprint density at radius 1 is 1.38 bits per heavy atom. The third kappa shape index (κ3) is 2.90. The topological polar surface area (TPSA) is 43.1 Å². The smallest absolute Gasteiger partial charge is 0.130 e. The van der Waals surface area contributed by atoms with E-state index in [-0.39, 0.29) is 11.7 Å². The molecule has 70 valence electrons. The van der Waals surface area contributed by atoms with Gasteiger partial charge in [0, 0.05) is 12.1 Å². The molecule has 0 bridgehead atoms. The van der Waals surface area contributed by atoms with Crippen molar-refractivity contribution in [1.82, 2.24) is 0 Å². The normalized spacial score (nSPS) is 12.5. The van der Waals surface area contributed by atoms with Crippen molar-refractivity contribution in [1.29, 1.82) is 0 Å². The summed E-state index contributed by atoms with van der Waals surface area (Å²) in [6.45, 7) is 3.67. The molecule has 1 rings (SSSR count). The Hall–Kier alpha value is -1.31. The molecule has 0 aliphatic carbocycles. The number of nitrogen functional groups attached to an aromatic ring is 1. The Morgan fingerprint density at radius 2 is 1.92 bits per heavy atom. The molecule has 0 aliphatic heterocycles. The highest BCUT2D eigenvalue weighted by Gasteiger charge is 2.07. The van der Waals surface area contributed by atoms with Crippen LogP contribution in [0.15, 0.2) is 24.3 Å². The van der Waals surface area contributed by atoms with E-state index in [1.54, 1.807) is 6.92 Å². The fourth-order valence-electron chi connectivity index (χ4n) is 1.37. The number of carbonyl (C=O) groups excluding carboxylic acids is 1. The molecule has 0 fully saturated rings. The van der Waals surface area contributed by atoms with Gasteiger partial charge in [0.25, 0.3) is 0 Å². The summed E-state index contributed by atoms with van der Waals surface area (Å²) in [5.74, 6) is 0.516. The summed E-state index contributed by atoms with van der Waals surface area (Å²) in [4.78, 5) is 10.9. The lowest BCUT2D eigenvalue weighted by Gasteiger charge is -2.09. The van der Waals surface area contributed by atoms with Crippen LogP contribution in [0.4, 0.5) is 5.69 Å². The van der Waals surface area contributed by atoms with Gasteiger partial charge in [-0.05, 0) is 30.5 Å². The summed E-state index contributed by atoms with van der Waals surface area (Å²) in [6, 6.07) is 7.68. The first kappa shape index (κ1) is 9.78. The lowest BCUT2D eigenvalue weighted by Crippen LogP contribution is -2.00. The molecule has 2 nitrogen and oxygen atoms in total. The minimum atomic E-state index is 0.226. The van der Waals surface area contributed by atoms with E-state index >= 15 is 0 Å². The van der Waals surface area contributed by atoms with Crippen molar-refractivity contribution in [3.63, 3.8) is 0 Å². The molecule has 0 amide bonds. The van der Waals surface area contributed by atoms with Gasteiger partial charge in [0.1, 0.15) is 5.78 Å². The number of hydrogen-bond acceptors (Lipinski definition) is 2. The standard InChI is InChI=1S/C11H15NO/c1-8(7-9(2)13)10-3-5-11(12)6-4-10/h3-6,8H,7,12H2,1-2H3. The molecule has 0 saturated carbocycles. The van der Waals surface area contributed by atoms with Crippen LogP contribution in [-0.4, -0.2) is 5.78 Å². The van der Waals surface area contributed by atoms with E-state index in [1.165, 1.54) is 5.56 Å². The lowest BCUT2D eigenvalue weighted by atomic mass is 9.96. The van der Waals surface area contributed by atoms with Gasteiger partial charge in [0.15, 0.2) is 0 Å². The molecule has 2 N–H and O–H groups in total. The molecule has 0 heterocycles. The highest BCUT2D eigenvalue weighted by molar-refractivity contribution is 5.76. The predicted molar refractivity (Wildman–Crippen MR) is 54.6 cm³/mol. The number of carbonyl (C=O) groups is 1. The largest absolute Gasteiger partial charge is 0.399 e. The number of anilines is 1. The lowest BCUT2D eigenvalue weighted by molar-refractivity contribution is -0.117. The maximum atomic E-state index is 10.9. The van der Waals surface area contributed by atoms with Gasteiger partial charge in [-0.1, -0.05) is 19.1 Å². The minimum absolute atomic E-state index is 0.226. The fourth-order valence-corrected chi connectivity index (χ4v) is 1.37. The number of rotatable bonds is 3. The van der Waals surface area contributed by atoms with E-state index in [9.17, 15) is 4.79 Å². The average molecular weight is 177 g/mol. The monoisotopic (exact) mass is 177 g/mol. The van der Waals surface area contributed by atoms with Crippen molar-refractivity contribution < 1.29 is 4.79 Å². The van der Waals surface area contributed by atoms with Crippen LogP contribution < -0.4 is 5.73 Å². The molecule has 0 aromatic heterocycles. The van der Waals surface area contributed by atoms with E-state index in [4.69, 9.17) is 5.73 Å². The van der Waals surface area contributed by atoms with Crippen molar-refractivity contribution in [2.45, 2.75) is 26.2 Å². The Morgan fingerprint density at radius 3 is 2.38 bits per heavy atom. The molecule has 2 heteroatoms. The van der Waals surface area contributed by atoms with E-state index in [2.05, 4.69) is 0 Å². The number of ketones is 1. The molecule has 1 atom stereocenters. The van der Waals surface area contributed by atoms with E-state index in [0.717, 1.165) is 5.69 Å². The van der Waals surface area contributed by atoms with Crippen LogP contribution in [0, 0.1) is 0 Å². The van der Waals surface area contributed by atoms with E-state index < -0.39 is 0 Å². The zero-order valence-electron chi connectivity index (χ0n) is 8.08. The fraction of sp³-hybridized carbons (Fsp3) is 0.364. The Bertz CT molecular complexity index is 289. The quantitative estimate of drug-likeness (QED) is 0.720. The maximum absolute atomic E-state index is 10.9. The molecule has 13 heavy (non-hydrogen) atoms. The molecule has 0 spiro atoms. The van der Waals surface area contributed by atoms with E-state index in [0.29, 0.717) is 6.42 Å². The first-order valence-electron chi connectivity index (χ1n) is 4.44. The van der Waals surface area contributed by atoms with Crippen molar-refractivity contribution in [2.75, 3.05) is 5.73 Å². The number of benzene rings is 1. The third-order valence-electron chi connectivity index (χ3n) is 2.10. The Kier molecular flexibility index (Phi) is 3.07. The van der Waals surface area contributed by atoms with Crippen LogP contribution >= 0.6 is 0 Å². The molecule has 0 aliphatic rings. The first-order valence-corrected chi connectivity index (χ1v) is 4.44. The summed E-state index contributed by atoms with van der Waals surface area (Å²) in [7, 11) is 0. The van der Waals surface area contributed by atoms with Gasteiger partial charge in [0.2, 0.25) is 0 Å². The Balaban J connectivity index is 2.71. The second kappa shape index (κ2) is 4.08. The van der Waals surface area contributed by atoms with Crippen LogP contribution in [0.25, 0.3) is 0 Å². The number of nitrogens with two attached hydrogens (primary N) is 1. The summed E-state index contributed by atoms with van der Waals surface area (Å²) >= 11 is 0. The molecular formula is C11H15NO. The van der Waals surface area contributed by atoms with Gasteiger partial charge < -0.3 is 10.5 Å². The zero-order valence-corrected chi connectivity index (χ0v) is 8.08. The number of Topliss-reactive ketones (excluding diaryl/α,β-unsaturated/α-hetero) is 1. The van der Waals surface area contributed by atoms with E-state index in [1.807, 2.05) is 31.2 Å². The van der Waals surface area contributed by atoms with Crippen LogP contribution in [0.2, 0.25) is 0 Å². The third-order valence-corrected chi connectivity index (χ3v) is 2.10. The number of hydrogen-bond donors (Lipinski definition) is 1. The molecule has 1 unspecified atom stereocenters. The van der Waals surface area contributed by atoms with Crippen LogP contribution in [0.5, 0.6) is 0 Å². The second-order valence-electron chi connectivity index (χ2n) is 3.47. The molecule has 0 radical (unpaired) electrons. The van der Waals surface area contributed by atoms with Crippen molar-refractivity contribution >= 4 is 11.5 Å². The molecule has 0 saturated heterocycles. The van der Waals surface area contributed by atoms with Gasteiger partial charge in [-0.3, -0.25) is 0 Å². The molecular weight excluding hydrogens is 162 g/mol. The predicted octanol–water partition coefficient (Wildman–Crippen LogP) is 2.35. The zero-order chi connectivity index (χ0) is 9.84. The van der Waals surface area contributed by atoms with Crippen LogP contribution in [-0.2, 0) is 4.79 Å². The SMILES string of the molecule is CC(=O)CC(C)c1ccc(N)cc1. The molecule has 1 aromatic rings. The van der Waals surface area contributed by atoms with Gasteiger partial charge in [-0.15, -0.1) is 0 Å². The minimum Gasteiger partial charge on any atom is -0.399 e. The molecule has 1 aromatic carbocycles. The highest BCUT2D eigenvalue weighted by Crippen LogP contribution is 2.19. The average Bonchev–Trinajstić information content (AvgIpc) is 2.04. The van der Waals surface area contributed by atoms with Gasteiger partial charge >= 0.3 is 0 Å². The summed E-state index contributed by atoms with van der Waals surface area (Å²) < 4.78 is 0. The van der Waals surface area contributed by atoms with Crippen molar-refractivity contribution in [3.8, 4) is 0 Å². The van der Waals surface area contributed by atoms with Gasteiger partial charge in [-0.2, -0.15) is 0 Å². The van der Waals surface area contributed by atoms with Crippen molar-refractivity contribution in [3.05, 3.63) is 29.8 Å². The van der Waals surface area contributed by atoms with Crippen LogP contribution in [0.1, 0.15) is 31.7 Å². The summed E-state index contributed by atoms with van der Waals surface area (Å²) in [6.07, 6.45) is 0.601. The van der Waals surface area contributed by atoms with Gasteiger partial charge in [-0.25, -0.2) is 0 Å². The van der Waals surface area contributed by atoms with Crippen LogP contribution in [0.3, 0.4) is 0 Å². The first-order chi connectivity index (χ1) is 6.09. The Labute approximate surface area is 78.8 Å². The highest BCUT2D eigenvalue weighted by atomic mass is 16.1.